The van der Waals surface area contributed by atoms with E-state index in [2.05, 4.69) is 6.92 Å². The predicted octanol–water partition coefficient (Wildman–Crippen LogP) is 2.18. The molecule has 0 aromatic heterocycles. The summed E-state index contributed by atoms with van der Waals surface area (Å²) in [5, 5.41) is 0. The maximum absolute atomic E-state index is 5.89. The minimum atomic E-state index is 0.397. The molecule has 0 radical (unpaired) electrons. The molecule has 2 N–H and O–H groups in total. The topological polar surface area (TPSA) is 35.2 Å². The van der Waals surface area contributed by atoms with Crippen LogP contribution in [0.5, 0.6) is 0 Å². The summed E-state index contributed by atoms with van der Waals surface area (Å²) in [6.07, 6.45) is 6.48. The van der Waals surface area contributed by atoms with Crippen molar-refractivity contribution in [1.29, 1.82) is 0 Å². The fourth-order valence-electron chi connectivity index (χ4n) is 2.60. The Kier molecular flexibility index (Phi) is 4.20. The van der Waals surface area contributed by atoms with Crippen LogP contribution in [0.2, 0.25) is 0 Å². The van der Waals surface area contributed by atoms with E-state index in [-0.39, 0.29) is 0 Å². The highest BCUT2D eigenvalue weighted by Gasteiger charge is 2.32. The molecule has 0 aromatic rings. The minimum Gasteiger partial charge on any atom is -0.385 e. The van der Waals surface area contributed by atoms with E-state index < -0.39 is 0 Å². The maximum Gasteiger partial charge on any atom is 0.0468 e. The van der Waals surface area contributed by atoms with Gasteiger partial charge in [-0.15, -0.1) is 0 Å². The first-order chi connectivity index (χ1) is 6.22. The van der Waals surface area contributed by atoms with Gasteiger partial charge >= 0.3 is 0 Å². The Bertz CT molecular complexity index is 149. The number of ether oxygens (including phenoxy) is 1. The first kappa shape index (κ1) is 11.0. The molecular weight excluding hydrogens is 162 g/mol. The quantitative estimate of drug-likeness (QED) is 0.728. The van der Waals surface area contributed by atoms with Gasteiger partial charge in [0.1, 0.15) is 0 Å². The lowest BCUT2D eigenvalue weighted by atomic mass is 9.68. The van der Waals surface area contributed by atoms with Crippen molar-refractivity contribution in [2.45, 2.75) is 39.0 Å². The smallest absolute Gasteiger partial charge is 0.0468 e. The molecule has 78 valence electrons. The molecule has 2 nitrogen and oxygen atoms in total. The summed E-state index contributed by atoms with van der Waals surface area (Å²) in [4.78, 5) is 0. The average Bonchev–Trinajstić information content (AvgIpc) is 2.15. The Morgan fingerprint density at radius 2 is 2.31 bits per heavy atom. The van der Waals surface area contributed by atoms with E-state index in [1.165, 1.54) is 25.7 Å². The van der Waals surface area contributed by atoms with Gasteiger partial charge < -0.3 is 10.5 Å². The summed E-state index contributed by atoms with van der Waals surface area (Å²) in [6, 6.07) is 0. The molecule has 1 fully saturated rings. The highest BCUT2D eigenvalue weighted by atomic mass is 16.5. The first-order valence-electron chi connectivity index (χ1n) is 5.41. The summed E-state index contributed by atoms with van der Waals surface area (Å²) in [5.41, 5.74) is 6.28. The number of nitrogens with two attached hydrogens (primary N) is 1. The molecule has 1 rings (SSSR count). The Balaban J connectivity index is 2.46. The summed E-state index contributed by atoms with van der Waals surface area (Å²) < 4.78 is 5.15. The second-order valence-corrected chi connectivity index (χ2v) is 4.65. The van der Waals surface area contributed by atoms with Gasteiger partial charge in [0.25, 0.3) is 0 Å². The lowest BCUT2D eigenvalue weighted by Crippen LogP contribution is -2.36. The van der Waals surface area contributed by atoms with Gasteiger partial charge in [-0.05, 0) is 37.1 Å². The lowest BCUT2D eigenvalue weighted by molar-refractivity contribution is 0.0893. The van der Waals surface area contributed by atoms with Crippen molar-refractivity contribution in [3.05, 3.63) is 0 Å². The number of rotatable bonds is 4. The van der Waals surface area contributed by atoms with Gasteiger partial charge in [-0.2, -0.15) is 0 Å². The SMILES string of the molecule is COCCC1(CN)CCCC(C)C1. The van der Waals surface area contributed by atoms with Crippen molar-refractivity contribution in [2.24, 2.45) is 17.1 Å². The van der Waals surface area contributed by atoms with E-state index in [9.17, 15) is 0 Å². The Labute approximate surface area is 81.8 Å². The molecule has 0 saturated heterocycles. The van der Waals surface area contributed by atoms with Crippen molar-refractivity contribution >= 4 is 0 Å². The molecule has 13 heavy (non-hydrogen) atoms. The highest BCUT2D eigenvalue weighted by molar-refractivity contribution is 4.85. The summed E-state index contributed by atoms with van der Waals surface area (Å²) >= 11 is 0. The Morgan fingerprint density at radius 3 is 2.85 bits per heavy atom. The Morgan fingerprint density at radius 1 is 1.54 bits per heavy atom. The summed E-state index contributed by atoms with van der Waals surface area (Å²) in [7, 11) is 1.77. The van der Waals surface area contributed by atoms with Gasteiger partial charge in [0.15, 0.2) is 0 Å². The molecule has 2 unspecified atom stereocenters. The third kappa shape index (κ3) is 2.96. The van der Waals surface area contributed by atoms with Gasteiger partial charge in [-0.25, -0.2) is 0 Å². The molecule has 0 amide bonds. The first-order valence-corrected chi connectivity index (χ1v) is 5.41. The van der Waals surface area contributed by atoms with Crippen LogP contribution in [0.15, 0.2) is 0 Å². The fourth-order valence-corrected chi connectivity index (χ4v) is 2.60. The molecule has 0 aliphatic heterocycles. The largest absolute Gasteiger partial charge is 0.385 e. The number of methoxy groups -OCH3 is 1. The molecule has 0 aromatic carbocycles. The normalized spacial score (nSPS) is 34.8. The van der Waals surface area contributed by atoms with Crippen LogP contribution in [-0.2, 0) is 4.74 Å². The average molecular weight is 185 g/mol. The predicted molar refractivity (Wildman–Crippen MR) is 55.6 cm³/mol. The summed E-state index contributed by atoms with van der Waals surface area (Å²) in [6.45, 7) is 4.04. The molecule has 1 aliphatic rings. The molecule has 2 heteroatoms. The van der Waals surface area contributed by atoms with Crippen molar-refractivity contribution in [2.75, 3.05) is 20.3 Å². The van der Waals surface area contributed by atoms with Crippen LogP contribution in [0.3, 0.4) is 0 Å². The molecular formula is C11H23NO. The zero-order valence-corrected chi connectivity index (χ0v) is 9.01. The van der Waals surface area contributed by atoms with Crippen LogP contribution in [0, 0.1) is 11.3 Å². The van der Waals surface area contributed by atoms with E-state index in [1.807, 2.05) is 0 Å². The van der Waals surface area contributed by atoms with Crippen LogP contribution in [-0.4, -0.2) is 20.3 Å². The van der Waals surface area contributed by atoms with Gasteiger partial charge in [0.2, 0.25) is 0 Å². The van der Waals surface area contributed by atoms with Crippen molar-refractivity contribution in [3.8, 4) is 0 Å². The van der Waals surface area contributed by atoms with Crippen LogP contribution in [0.4, 0.5) is 0 Å². The van der Waals surface area contributed by atoms with E-state index >= 15 is 0 Å². The van der Waals surface area contributed by atoms with E-state index in [1.54, 1.807) is 7.11 Å². The molecule has 1 saturated carbocycles. The van der Waals surface area contributed by atoms with Gasteiger partial charge in [-0.1, -0.05) is 19.8 Å². The molecule has 0 bridgehead atoms. The van der Waals surface area contributed by atoms with Crippen LogP contribution < -0.4 is 5.73 Å². The van der Waals surface area contributed by atoms with Crippen molar-refractivity contribution in [3.63, 3.8) is 0 Å². The molecule has 2 atom stereocenters. The summed E-state index contributed by atoms with van der Waals surface area (Å²) in [5.74, 6) is 0.856. The highest BCUT2D eigenvalue weighted by Crippen LogP contribution is 2.40. The second kappa shape index (κ2) is 4.97. The maximum atomic E-state index is 5.89. The van der Waals surface area contributed by atoms with E-state index in [0.29, 0.717) is 5.41 Å². The third-order valence-electron chi connectivity index (χ3n) is 3.46. The molecule has 0 spiro atoms. The second-order valence-electron chi connectivity index (χ2n) is 4.65. The standard InChI is InChI=1S/C11H23NO/c1-10-4-3-5-11(8-10,9-12)6-7-13-2/h10H,3-9,12H2,1-2H3. The fraction of sp³-hybridized carbons (Fsp3) is 1.00. The van der Waals surface area contributed by atoms with E-state index in [0.717, 1.165) is 25.5 Å². The van der Waals surface area contributed by atoms with Crippen LogP contribution >= 0.6 is 0 Å². The van der Waals surface area contributed by atoms with Gasteiger partial charge in [-0.3, -0.25) is 0 Å². The minimum absolute atomic E-state index is 0.397. The molecule has 1 aliphatic carbocycles. The number of hydrogen-bond donors (Lipinski definition) is 1. The van der Waals surface area contributed by atoms with Crippen molar-refractivity contribution in [1.82, 2.24) is 0 Å². The van der Waals surface area contributed by atoms with Crippen LogP contribution in [0.1, 0.15) is 39.0 Å². The third-order valence-corrected chi connectivity index (χ3v) is 3.46. The van der Waals surface area contributed by atoms with Crippen molar-refractivity contribution < 1.29 is 4.74 Å². The van der Waals surface area contributed by atoms with Gasteiger partial charge in [0.05, 0.1) is 0 Å². The van der Waals surface area contributed by atoms with Gasteiger partial charge in [0, 0.05) is 13.7 Å². The number of hydrogen-bond acceptors (Lipinski definition) is 2. The monoisotopic (exact) mass is 185 g/mol. The zero-order chi connectivity index (χ0) is 9.73. The lowest BCUT2D eigenvalue weighted by Gasteiger charge is -2.39. The van der Waals surface area contributed by atoms with Crippen LogP contribution in [0.25, 0.3) is 0 Å². The Hall–Kier alpha value is -0.0800. The molecule has 0 heterocycles. The zero-order valence-electron chi connectivity index (χ0n) is 9.01. The van der Waals surface area contributed by atoms with E-state index in [4.69, 9.17) is 10.5 Å².